The van der Waals surface area contributed by atoms with E-state index in [9.17, 15) is 13.2 Å². The Kier molecular flexibility index (Phi) is 5.90. The van der Waals surface area contributed by atoms with Crippen LogP contribution < -0.4 is 0 Å². The minimum atomic E-state index is -4.16. The maximum absolute atomic E-state index is 13.9. The van der Waals surface area contributed by atoms with E-state index in [1.807, 2.05) is 37.3 Å². The van der Waals surface area contributed by atoms with Gasteiger partial charge in [0.25, 0.3) is 0 Å². The second-order valence-corrected chi connectivity index (χ2v) is 6.35. The molecular formula is C18H26F3N. The summed E-state index contributed by atoms with van der Waals surface area (Å²) < 4.78 is 41.8. The van der Waals surface area contributed by atoms with Crippen LogP contribution >= 0.6 is 0 Å². The minimum Gasteiger partial charge on any atom is -0.285 e. The van der Waals surface area contributed by atoms with E-state index in [0.717, 1.165) is 24.8 Å². The predicted octanol–water partition coefficient (Wildman–Crippen LogP) is 5.55. The Labute approximate surface area is 131 Å². The molecule has 1 aromatic rings. The number of alkyl halides is 3. The van der Waals surface area contributed by atoms with Gasteiger partial charge >= 0.3 is 6.18 Å². The maximum Gasteiger partial charge on any atom is 0.406 e. The normalized spacial score (nSPS) is 23.6. The molecule has 1 aliphatic heterocycles. The lowest BCUT2D eigenvalue weighted by atomic mass is 9.81. The van der Waals surface area contributed by atoms with Gasteiger partial charge in [0, 0.05) is 6.54 Å². The fraction of sp³-hybridized carbons (Fsp3) is 0.667. The van der Waals surface area contributed by atoms with Crippen molar-refractivity contribution in [2.45, 2.75) is 70.1 Å². The van der Waals surface area contributed by atoms with Crippen molar-refractivity contribution >= 4 is 0 Å². The molecule has 1 atom stereocenters. The molecule has 2 rings (SSSR count). The van der Waals surface area contributed by atoms with Crippen molar-refractivity contribution in [1.82, 2.24) is 4.90 Å². The molecule has 22 heavy (non-hydrogen) atoms. The highest BCUT2D eigenvalue weighted by molar-refractivity contribution is 5.16. The first-order valence-electron chi connectivity index (χ1n) is 8.35. The standard InChI is InChI=1S/C18H26F3N/c1-2-3-7-12-17(18(19,20)21)13-8-9-14-22(17)15-16-10-5-4-6-11-16/h4-6,10-11H,2-3,7-9,12-15H2,1H3. The first kappa shape index (κ1) is 17.3. The first-order valence-corrected chi connectivity index (χ1v) is 8.35. The van der Waals surface area contributed by atoms with Crippen LogP contribution in [0.4, 0.5) is 13.2 Å². The molecule has 0 saturated carbocycles. The molecule has 0 amide bonds. The van der Waals surface area contributed by atoms with E-state index in [-0.39, 0.29) is 12.8 Å². The van der Waals surface area contributed by atoms with E-state index in [4.69, 9.17) is 0 Å². The highest BCUT2D eigenvalue weighted by Crippen LogP contribution is 2.46. The summed E-state index contributed by atoms with van der Waals surface area (Å²) in [5, 5.41) is 0. The average molecular weight is 313 g/mol. The molecule has 1 saturated heterocycles. The minimum absolute atomic E-state index is 0.233. The van der Waals surface area contributed by atoms with E-state index in [1.165, 1.54) is 0 Å². The molecular weight excluding hydrogens is 287 g/mol. The number of benzene rings is 1. The summed E-state index contributed by atoms with van der Waals surface area (Å²) >= 11 is 0. The van der Waals surface area contributed by atoms with E-state index in [1.54, 1.807) is 4.90 Å². The average Bonchev–Trinajstić information content (AvgIpc) is 2.49. The number of nitrogens with zero attached hydrogens (tertiary/aromatic N) is 1. The molecule has 0 bridgehead atoms. The van der Waals surface area contributed by atoms with Gasteiger partial charge in [0.15, 0.2) is 0 Å². The quantitative estimate of drug-likeness (QED) is 0.622. The fourth-order valence-electron chi connectivity index (χ4n) is 3.54. The van der Waals surface area contributed by atoms with Gasteiger partial charge in [0.2, 0.25) is 0 Å². The zero-order valence-corrected chi connectivity index (χ0v) is 13.3. The fourth-order valence-corrected chi connectivity index (χ4v) is 3.54. The zero-order chi connectivity index (χ0) is 16.1. The molecule has 0 N–H and O–H groups in total. The van der Waals surface area contributed by atoms with E-state index in [2.05, 4.69) is 0 Å². The van der Waals surface area contributed by atoms with Crippen molar-refractivity contribution in [2.75, 3.05) is 6.54 Å². The lowest BCUT2D eigenvalue weighted by Crippen LogP contribution is -2.60. The molecule has 1 aromatic carbocycles. The summed E-state index contributed by atoms with van der Waals surface area (Å²) in [6.45, 7) is 2.97. The third-order valence-electron chi connectivity index (χ3n) is 4.81. The van der Waals surface area contributed by atoms with Crippen LogP contribution in [-0.2, 0) is 6.54 Å². The summed E-state index contributed by atoms with van der Waals surface area (Å²) in [4.78, 5) is 1.70. The summed E-state index contributed by atoms with van der Waals surface area (Å²) in [5.74, 6) is 0. The Hall–Kier alpha value is -1.03. The van der Waals surface area contributed by atoms with Gasteiger partial charge in [-0.2, -0.15) is 13.2 Å². The van der Waals surface area contributed by atoms with Crippen molar-refractivity contribution in [3.63, 3.8) is 0 Å². The molecule has 1 aliphatic rings. The van der Waals surface area contributed by atoms with Gasteiger partial charge in [0.1, 0.15) is 5.54 Å². The number of halogens is 3. The van der Waals surface area contributed by atoms with Gasteiger partial charge in [-0.15, -0.1) is 0 Å². The van der Waals surface area contributed by atoms with Gasteiger partial charge in [-0.05, 0) is 37.8 Å². The van der Waals surface area contributed by atoms with E-state index < -0.39 is 11.7 Å². The second-order valence-electron chi connectivity index (χ2n) is 6.35. The number of hydrogen-bond donors (Lipinski definition) is 0. The molecule has 0 spiro atoms. The van der Waals surface area contributed by atoms with Crippen molar-refractivity contribution in [1.29, 1.82) is 0 Å². The van der Waals surface area contributed by atoms with Crippen LogP contribution in [0, 0.1) is 0 Å². The van der Waals surface area contributed by atoms with Gasteiger partial charge in [-0.1, -0.05) is 56.5 Å². The number of unbranched alkanes of at least 4 members (excludes halogenated alkanes) is 2. The van der Waals surface area contributed by atoms with Crippen LogP contribution in [0.2, 0.25) is 0 Å². The molecule has 124 valence electrons. The summed E-state index contributed by atoms with van der Waals surface area (Å²) in [6.07, 6.45) is 0.334. The van der Waals surface area contributed by atoms with Gasteiger partial charge in [-0.3, -0.25) is 4.90 Å². The Morgan fingerprint density at radius 2 is 1.82 bits per heavy atom. The summed E-state index contributed by atoms with van der Waals surface area (Å²) in [6, 6.07) is 9.53. The maximum atomic E-state index is 13.9. The number of likely N-dealkylation sites (tertiary alicyclic amines) is 1. The van der Waals surface area contributed by atoms with Crippen LogP contribution in [-0.4, -0.2) is 23.2 Å². The van der Waals surface area contributed by atoms with Crippen molar-refractivity contribution in [3.8, 4) is 0 Å². The van der Waals surface area contributed by atoms with Crippen LogP contribution in [0.5, 0.6) is 0 Å². The van der Waals surface area contributed by atoms with Crippen molar-refractivity contribution in [2.24, 2.45) is 0 Å². The highest BCUT2D eigenvalue weighted by atomic mass is 19.4. The SMILES string of the molecule is CCCCCC1(C(F)(F)F)CCCCN1Cc1ccccc1. The first-order chi connectivity index (χ1) is 10.5. The Bertz CT molecular complexity index is 443. The molecule has 0 aromatic heterocycles. The van der Waals surface area contributed by atoms with Crippen LogP contribution in [0.25, 0.3) is 0 Å². The molecule has 1 fully saturated rings. The molecule has 1 unspecified atom stereocenters. The summed E-state index contributed by atoms with van der Waals surface area (Å²) in [5.41, 5.74) is -0.662. The molecule has 0 radical (unpaired) electrons. The van der Waals surface area contributed by atoms with Crippen molar-refractivity contribution in [3.05, 3.63) is 35.9 Å². The van der Waals surface area contributed by atoms with Gasteiger partial charge < -0.3 is 0 Å². The molecule has 1 heterocycles. The number of hydrogen-bond acceptors (Lipinski definition) is 1. The number of rotatable bonds is 6. The van der Waals surface area contributed by atoms with Crippen LogP contribution in [0.1, 0.15) is 57.4 Å². The van der Waals surface area contributed by atoms with Crippen LogP contribution in [0.15, 0.2) is 30.3 Å². The topological polar surface area (TPSA) is 3.24 Å². The number of piperidine rings is 1. The Balaban J connectivity index is 2.21. The second kappa shape index (κ2) is 7.49. The third-order valence-corrected chi connectivity index (χ3v) is 4.81. The van der Waals surface area contributed by atoms with E-state index in [0.29, 0.717) is 25.9 Å². The zero-order valence-electron chi connectivity index (χ0n) is 13.3. The predicted molar refractivity (Wildman–Crippen MR) is 83.6 cm³/mol. The molecule has 1 nitrogen and oxygen atoms in total. The van der Waals surface area contributed by atoms with Crippen molar-refractivity contribution < 1.29 is 13.2 Å². The monoisotopic (exact) mass is 313 g/mol. The summed E-state index contributed by atoms with van der Waals surface area (Å²) in [7, 11) is 0. The smallest absolute Gasteiger partial charge is 0.285 e. The lowest BCUT2D eigenvalue weighted by molar-refractivity contribution is -0.247. The van der Waals surface area contributed by atoms with Crippen LogP contribution in [0.3, 0.4) is 0 Å². The lowest BCUT2D eigenvalue weighted by Gasteiger charge is -2.48. The third kappa shape index (κ3) is 3.83. The van der Waals surface area contributed by atoms with Gasteiger partial charge in [-0.25, -0.2) is 0 Å². The highest BCUT2D eigenvalue weighted by Gasteiger charge is 2.57. The largest absolute Gasteiger partial charge is 0.406 e. The Morgan fingerprint density at radius 1 is 1.09 bits per heavy atom. The molecule has 4 heteroatoms. The van der Waals surface area contributed by atoms with E-state index >= 15 is 0 Å². The Morgan fingerprint density at radius 3 is 2.45 bits per heavy atom. The van der Waals surface area contributed by atoms with Gasteiger partial charge in [0.05, 0.1) is 0 Å². The molecule has 0 aliphatic carbocycles.